The highest BCUT2D eigenvalue weighted by Crippen LogP contribution is 2.35. The Bertz CT molecular complexity index is 1190. The number of para-hydroxylation sites is 1. The summed E-state index contributed by atoms with van der Waals surface area (Å²) in [5.41, 5.74) is 2.26. The number of hydrogen-bond donors (Lipinski definition) is 0. The minimum absolute atomic E-state index is 0.0625. The van der Waals surface area contributed by atoms with Gasteiger partial charge in [0, 0.05) is 25.0 Å². The summed E-state index contributed by atoms with van der Waals surface area (Å²) in [5.74, 6) is -0.194. The Hall–Kier alpha value is -2.72. The molecule has 2 aliphatic heterocycles. The summed E-state index contributed by atoms with van der Waals surface area (Å²) in [5, 5.41) is 9.49. The number of carbonyl (C=O) groups excluding carboxylic acids is 1. The van der Waals surface area contributed by atoms with Crippen molar-refractivity contribution in [3.63, 3.8) is 0 Å². The largest absolute Gasteiger partial charge is 0.412 e. The van der Waals surface area contributed by atoms with Crippen LogP contribution in [0, 0.1) is 0 Å². The molecule has 0 radical (unpaired) electrons. The number of sulfonamides is 1. The number of amides is 1. The van der Waals surface area contributed by atoms with Gasteiger partial charge in [0.25, 0.3) is 10.0 Å². The molecule has 0 saturated carbocycles. The molecule has 5 rings (SSSR count). The fraction of sp³-hybridized carbons (Fsp3) is 0.350. The zero-order valence-corrected chi connectivity index (χ0v) is 17.8. The van der Waals surface area contributed by atoms with Crippen LogP contribution in [0.25, 0.3) is 11.5 Å². The van der Waals surface area contributed by atoms with Crippen molar-refractivity contribution in [3.8, 4) is 11.5 Å². The minimum Gasteiger partial charge on any atom is -0.412 e. The van der Waals surface area contributed by atoms with E-state index in [1.807, 2.05) is 24.3 Å². The van der Waals surface area contributed by atoms with Gasteiger partial charge in [0.15, 0.2) is 0 Å². The van der Waals surface area contributed by atoms with Crippen molar-refractivity contribution in [2.75, 3.05) is 23.9 Å². The number of fused-ring (bicyclic) bond motifs is 1. The second kappa shape index (κ2) is 7.51. The third kappa shape index (κ3) is 3.29. The number of aromatic nitrogens is 2. The fourth-order valence-electron chi connectivity index (χ4n) is 3.90. The van der Waals surface area contributed by atoms with Crippen molar-refractivity contribution in [1.29, 1.82) is 0 Å². The predicted octanol–water partition coefficient (Wildman–Crippen LogP) is 3.18. The van der Waals surface area contributed by atoms with Gasteiger partial charge in [0.1, 0.15) is 4.21 Å². The van der Waals surface area contributed by atoms with Crippen molar-refractivity contribution in [2.24, 2.45) is 0 Å². The van der Waals surface area contributed by atoms with E-state index in [-0.39, 0.29) is 21.9 Å². The lowest BCUT2D eigenvalue weighted by molar-refractivity contribution is 0.0754. The number of benzene rings is 1. The Labute approximate surface area is 178 Å². The maximum atomic E-state index is 13.3. The van der Waals surface area contributed by atoms with Gasteiger partial charge in [0.2, 0.25) is 5.89 Å². The van der Waals surface area contributed by atoms with E-state index in [0.29, 0.717) is 25.2 Å². The van der Waals surface area contributed by atoms with Crippen molar-refractivity contribution in [1.82, 2.24) is 15.1 Å². The third-order valence-electron chi connectivity index (χ3n) is 5.44. The maximum absolute atomic E-state index is 13.3. The SMILES string of the molecule is O=C(c1nnc(-c2csc(S(=O)(=O)N3CCCc4ccccc43)c2)o1)N1CCCC1. The molecule has 30 heavy (non-hydrogen) atoms. The molecule has 2 aliphatic rings. The fourth-order valence-corrected chi connectivity index (χ4v) is 6.71. The molecule has 3 aromatic rings. The summed E-state index contributed by atoms with van der Waals surface area (Å²) >= 11 is 1.11. The van der Waals surface area contributed by atoms with E-state index >= 15 is 0 Å². The van der Waals surface area contributed by atoms with Crippen LogP contribution < -0.4 is 4.31 Å². The Balaban J connectivity index is 1.42. The Morgan fingerprint density at radius 2 is 1.87 bits per heavy atom. The van der Waals surface area contributed by atoms with Gasteiger partial charge in [-0.15, -0.1) is 21.5 Å². The predicted molar refractivity (Wildman–Crippen MR) is 112 cm³/mol. The monoisotopic (exact) mass is 444 g/mol. The molecule has 0 atom stereocenters. The Morgan fingerprint density at radius 3 is 2.70 bits per heavy atom. The van der Waals surface area contributed by atoms with Crippen molar-refractivity contribution < 1.29 is 17.6 Å². The number of rotatable bonds is 4. The molecule has 0 aliphatic carbocycles. The van der Waals surface area contributed by atoms with Crippen LogP contribution in [0.5, 0.6) is 0 Å². The molecule has 0 spiro atoms. The third-order valence-corrected chi connectivity index (χ3v) is 8.66. The van der Waals surface area contributed by atoms with E-state index in [1.165, 1.54) is 10.4 Å². The summed E-state index contributed by atoms with van der Waals surface area (Å²) in [4.78, 5) is 14.1. The quantitative estimate of drug-likeness (QED) is 0.613. The average molecular weight is 445 g/mol. The second-order valence-corrected chi connectivity index (χ2v) is 10.4. The van der Waals surface area contributed by atoms with Crippen LogP contribution in [0.2, 0.25) is 0 Å². The summed E-state index contributed by atoms with van der Waals surface area (Å²) in [7, 11) is -3.70. The summed E-state index contributed by atoms with van der Waals surface area (Å²) in [6.07, 6.45) is 3.59. The highest BCUT2D eigenvalue weighted by Gasteiger charge is 2.31. The zero-order chi connectivity index (χ0) is 20.7. The highest BCUT2D eigenvalue weighted by molar-refractivity contribution is 7.94. The highest BCUT2D eigenvalue weighted by atomic mass is 32.2. The number of likely N-dealkylation sites (tertiary alicyclic amines) is 1. The summed E-state index contributed by atoms with van der Waals surface area (Å²) in [6, 6.07) is 9.12. The molecule has 2 aromatic heterocycles. The lowest BCUT2D eigenvalue weighted by Gasteiger charge is -2.29. The van der Waals surface area contributed by atoms with E-state index in [0.717, 1.165) is 48.3 Å². The lowest BCUT2D eigenvalue weighted by atomic mass is 10.0. The van der Waals surface area contributed by atoms with E-state index < -0.39 is 10.0 Å². The van der Waals surface area contributed by atoms with Gasteiger partial charge >= 0.3 is 11.8 Å². The van der Waals surface area contributed by atoms with Gasteiger partial charge in [-0.2, -0.15) is 0 Å². The topological polar surface area (TPSA) is 96.6 Å². The number of carbonyl (C=O) groups is 1. The summed E-state index contributed by atoms with van der Waals surface area (Å²) < 4.78 is 33.8. The Morgan fingerprint density at radius 1 is 1.07 bits per heavy atom. The molecular formula is C20H20N4O4S2. The molecule has 1 amide bonds. The molecular weight excluding hydrogens is 424 g/mol. The van der Waals surface area contributed by atoms with Gasteiger partial charge in [-0.1, -0.05) is 18.2 Å². The van der Waals surface area contributed by atoms with Crippen molar-refractivity contribution >= 4 is 33.0 Å². The minimum atomic E-state index is -3.70. The van der Waals surface area contributed by atoms with Crippen molar-refractivity contribution in [3.05, 3.63) is 47.2 Å². The van der Waals surface area contributed by atoms with Gasteiger partial charge in [0.05, 0.1) is 11.3 Å². The standard InChI is InChI=1S/C20H20N4O4S2/c25-20(23-9-3-4-10-23)19-22-21-18(28-19)15-12-17(29-13-15)30(26,27)24-11-5-7-14-6-1-2-8-16(14)24/h1-2,6,8,12-13H,3-5,7,9-11H2. The maximum Gasteiger partial charge on any atom is 0.311 e. The number of aryl methyl sites for hydroxylation is 1. The first kappa shape index (κ1) is 19.3. The van der Waals surface area contributed by atoms with Gasteiger partial charge in [-0.05, 0) is 43.4 Å². The van der Waals surface area contributed by atoms with E-state index in [2.05, 4.69) is 10.2 Å². The lowest BCUT2D eigenvalue weighted by Crippen LogP contribution is -2.35. The number of anilines is 1. The number of thiophene rings is 1. The first-order chi connectivity index (χ1) is 14.5. The van der Waals surface area contributed by atoms with E-state index in [4.69, 9.17) is 4.42 Å². The number of nitrogens with zero attached hydrogens (tertiary/aromatic N) is 4. The van der Waals surface area contributed by atoms with Crippen LogP contribution in [-0.4, -0.2) is 49.1 Å². The zero-order valence-electron chi connectivity index (χ0n) is 16.2. The second-order valence-electron chi connectivity index (χ2n) is 7.38. The average Bonchev–Trinajstić information content (AvgIpc) is 3.54. The van der Waals surface area contributed by atoms with Crippen LogP contribution in [0.1, 0.15) is 35.5 Å². The Kier molecular flexibility index (Phi) is 4.82. The van der Waals surface area contributed by atoms with Crippen LogP contribution in [-0.2, 0) is 16.4 Å². The van der Waals surface area contributed by atoms with Crippen LogP contribution in [0.4, 0.5) is 5.69 Å². The summed E-state index contributed by atoms with van der Waals surface area (Å²) in [6.45, 7) is 1.82. The molecule has 0 N–H and O–H groups in total. The molecule has 0 bridgehead atoms. The van der Waals surface area contributed by atoms with Crippen molar-refractivity contribution in [2.45, 2.75) is 29.9 Å². The molecule has 1 saturated heterocycles. The van der Waals surface area contributed by atoms with Gasteiger partial charge in [-0.3, -0.25) is 9.10 Å². The molecule has 1 aromatic carbocycles. The molecule has 0 unspecified atom stereocenters. The van der Waals surface area contributed by atoms with Crippen LogP contribution in [0.15, 0.2) is 44.3 Å². The van der Waals surface area contributed by atoms with Crippen LogP contribution >= 0.6 is 11.3 Å². The first-order valence-corrected chi connectivity index (χ1v) is 12.2. The molecule has 10 heteroatoms. The van der Waals surface area contributed by atoms with Gasteiger partial charge < -0.3 is 9.32 Å². The molecule has 156 valence electrons. The normalized spacial score (nSPS) is 16.7. The molecule has 8 nitrogen and oxygen atoms in total. The smallest absolute Gasteiger partial charge is 0.311 e. The van der Waals surface area contributed by atoms with E-state index in [9.17, 15) is 13.2 Å². The van der Waals surface area contributed by atoms with Crippen LogP contribution in [0.3, 0.4) is 0 Å². The van der Waals surface area contributed by atoms with Gasteiger partial charge in [-0.25, -0.2) is 8.42 Å². The molecule has 1 fully saturated rings. The molecule has 4 heterocycles. The number of hydrogen-bond acceptors (Lipinski definition) is 7. The van der Waals surface area contributed by atoms with E-state index in [1.54, 1.807) is 10.3 Å². The first-order valence-electron chi connectivity index (χ1n) is 9.86.